The van der Waals surface area contributed by atoms with Crippen molar-refractivity contribution in [1.82, 2.24) is 15.8 Å². The van der Waals surface area contributed by atoms with Gasteiger partial charge in [0, 0.05) is 0 Å². The summed E-state index contributed by atoms with van der Waals surface area (Å²) in [7, 11) is 0. The second-order valence-corrected chi connectivity index (χ2v) is 8.44. The molecule has 1 saturated carbocycles. The summed E-state index contributed by atoms with van der Waals surface area (Å²) >= 11 is 0. The van der Waals surface area contributed by atoms with Gasteiger partial charge in [0.15, 0.2) is 6.61 Å². The number of urea groups is 1. The van der Waals surface area contributed by atoms with Crippen molar-refractivity contribution < 1.29 is 23.9 Å². The zero-order valence-electron chi connectivity index (χ0n) is 17.0. The SMILES string of the molecule is CC1CCC2(CC1)NC(=O)N(NC(=O)COC(=O)C(C)(C)c1ccccc1)C2=O. The summed E-state index contributed by atoms with van der Waals surface area (Å²) in [6.45, 7) is 4.93. The molecule has 0 aromatic heterocycles. The lowest BCUT2D eigenvalue weighted by molar-refractivity contribution is -0.154. The number of benzene rings is 1. The quantitative estimate of drug-likeness (QED) is 0.580. The second kappa shape index (κ2) is 7.85. The van der Waals surface area contributed by atoms with Crippen LogP contribution in [0.25, 0.3) is 0 Å². The molecular weight excluding hydrogens is 374 g/mol. The molecule has 4 amide bonds. The zero-order chi connectivity index (χ0) is 21.2. The highest BCUT2D eigenvalue weighted by atomic mass is 16.5. The molecule has 1 saturated heterocycles. The Kier molecular flexibility index (Phi) is 5.64. The summed E-state index contributed by atoms with van der Waals surface area (Å²) in [5, 5.41) is 3.42. The van der Waals surface area contributed by atoms with Crippen molar-refractivity contribution in [2.24, 2.45) is 5.92 Å². The Hall–Kier alpha value is -2.90. The number of hydrogen-bond donors (Lipinski definition) is 2. The van der Waals surface area contributed by atoms with Crippen LogP contribution < -0.4 is 10.7 Å². The molecule has 29 heavy (non-hydrogen) atoms. The lowest BCUT2D eigenvalue weighted by atomic mass is 9.77. The third kappa shape index (κ3) is 4.11. The molecule has 2 fully saturated rings. The number of hydrogen-bond acceptors (Lipinski definition) is 5. The van der Waals surface area contributed by atoms with Gasteiger partial charge in [-0.2, -0.15) is 5.01 Å². The average Bonchev–Trinajstić information content (AvgIpc) is 2.93. The van der Waals surface area contributed by atoms with Crippen molar-refractivity contribution in [3.8, 4) is 0 Å². The van der Waals surface area contributed by atoms with Crippen LogP contribution in [-0.4, -0.2) is 41.0 Å². The van der Waals surface area contributed by atoms with Gasteiger partial charge in [-0.3, -0.25) is 19.8 Å². The Morgan fingerprint density at radius 1 is 1.21 bits per heavy atom. The zero-order valence-corrected chi connectivity index (χ0v) is 17.0. The number of hydrazine groups is 1. The van der Waals surface area contributed by atoms with Crippen molar-refractivity contribution in [1.29, 1.82) is 0 Å². The topological polar surface area (TPSA) is 105 Å². The van der Waals surface area contributed by atoms with Crippen LogP contribution in [0.15, 0.2) is 30.3 Å². The number of amides is 4. The van der Waals surface area contributed by atoms with Gasteiger partial charge in [0.05, 0.1) is 5.41 Å². The van der Waals surface area contributed by atoms with Crippen LogP contribution >= 0.6 is 0 Å². The molecule has 1 aliphatic carbocycles. The highest BCUT2D eigenvalue weighted by Gasteiger charge is 2.53. The number of carbonyl (C=O) groups is 4. The molecule has 2 N–H and O–H groups in total. The summed E-state index contributed by atoms with van der Waals surface area (Å²) in [6.07, 6.45) is 2.76. The number of nitrogens with zero attached hydrogens (tertiary/aromatic N) is 1. The van der Waals surface area contributed by atoms with Crippen molar-refractivity contribution in [2.75, 3.05) is 6.61 Å². The van der Waals surface area contributed by atoms with Gasteiger partial charge < -0.3 is 10.1 Å². The van der Waals surface area contributed by atoms with Crippen LogP contribution in [0.5, 0.6) is 0 Å². The van der Waals surface area contributed by atoms with Gasteiger partial charge in [-0.1, -0.05) is 37.3 Å². The number of rotatable bonds is 5. The van der Waals surface area contributed by atoms with Crippen LogP contribution in [0.4, 0.5) is 4.79 Å². The molecule has 8 nitrogen and oxygen atoms in total. The van der Waals surface area contributed by atoms with Gasteiger partial charge in [0.25, 0.3) is 11.8 Å². The van der Waals surface area contributed by atoms with Crippen molar-refractivity contribution in [2.45, 2.75) is 57.4 Å². The van der Waals surface area contributed by atoms with Gasteiger partial charge in [-0.05, 0) is 51.0 Å². The van der Waals surface area contributed by atoms with Crippen LogP contribution in [0.2, 0.25) is 0 Å². The maximum absolute atomic E-state index is 12.7. The first-order chi connectivity index (χ1) is 13.7. The predicted molar refractivity (Wildman–Crippen MR) is 104 cm³/mol. The highest BCUT2D eigenvalue weighted by molar-refractivity contribution is 6.08. The summed E-state index contributed by atoms with van der Waals surface area (Å²) in [5.41, 5.74) is 1.14. The Morgan fingerprint density at radius 3 is 2.45 bits per heavy atom. The molecular formula is C21H27N3O5. The monoisotopic (exact) mass is 401 g/mol. The second-order valence-electron chi connectivity index (χ2n) is 8.44. The van der Waals surface area contributed by atoms with Crippen molar-refractivity contribution >= 4 is 23.8 Å². The summed E-state index contributed by atoms with van der Waals surface area (Å²) in [6, 6.07) is 8.43. The molecule has 1 aromatic rings. The van der Waals surface area contributed by atoms with E-state index < -0.39 is 41.4 Å². The lowest BCUT2D eigenvalue weighted by Gasteiger charge is -2.33. The first-order valence-electron chi connectivity index (χ1n) is 9.85. The molecule has 8 heteroatoms. The molecule has 1 heterocycles. The van der Waals surface area contributed by atoms with Crippen LogP contribution in [0.1, 0.15) is 52.0 Å². The molecule has 2 aliphatic rings. The van der Waals surface area contributed by atoms with Gasteiger partial charge in [-0.25, -0.2) is 4.79 Å². The number of imide groups is 1. The highest BCUT2D eigenvalue weighted by Crippen LogP contribution is 2.35. The van der Waals surface area contributed by atoms with Crippen LogP contribution in [-0.2, 0) is 24.5 Å². The Balaban J connectivity index is 1.56. The number of nitrogens with one attached hydrogen (secondary N) is 2. The van der Waals surface area contributed by atoms with E-state index in [0.29, 0.717) is 23.8 Å². The molecule has 0 radical (unpaired) electrons. The molecule has 0 atom stereocenters. The van der Waals surface area contributed by atoms with Crippen LogP contribution in [0, 0.1) is 5.92 Å². The third-order valence-electron chi connectivity index (χ3n) is 5.87. The van der Waals surface area contributed by atoms with E-state index in [0.717, 1.165) is 18.4 Å². The minimum Gasteiger partial charge on any atom is -0.455 e. The van der Waals surface area contributed by atoms with E-state index in [9.17, 15) is 19.2 Å². The summed E-state index contributed by atoms with van der Waals surface area (Å²) < 4.78 is 5.13. The Bertz CT molecular complexity index is 813. The van der Waals surface area contributed by atoms with Crippen molar-refractivity contribution in [3.05, 3.63) is 35.9 Å². The average molecular weight is 401 g/mol. The standard InChI is InChI=1S/C21H27N3O5/c1-14-9-11-21(12-10-14)17(26)24(19(28)22-21)23-16(25)13-29-18(27)20(2,3)15-7-5-4-6-8-15/h4-8,14H,9-13H2,1-3H3,(H,22,28)(H,23,25). The lowest BCUT2D eigenvalue weighted by Crippen LogP contribution is -2.52. The van der Waals surface area contributed by atoms with E-state index in [1.807, 2.05) is 18.2 Å². The first-order valence-corrected chi connectivity index (χ1v) is 9.85. The molecule has 0 unspecified atom stereocenters. The summed E-state index contributed by atoms with van der Waals surface area (Å²) in [4.78, 5) is 49.6. The Morgan fingerprint density at radius 2 is 1.83 bits per heavy atom. The van der Waals surface area contributed by atoms with E-state index in [-0.39, 0.29) is 0 Å². The first kappa shape index (κ1) is 20.8. The minimum absolute atomic E-state index is 0.460. The largest absolute Gasteiger partial charge is 0.455 e. The number of esters is 1. The fraction of sp³-hybridized carbons (Fsp3) is 0.524. The molecule has 0 bridgehead atoms. The molecule has 1 spiro atoms. The van der Waals surface area contributed by atoms with Gasteiger partial charge in [0.2, 0.25) is 0 Å². The van der Waals surface area contributed by atoms with E-state index >= 15 is 0 Å². The van der Waals surface area contributed by atoms with E-state index in [2.05, 4.69) is 17.7 Å². The minimum atomic E-state index is -0.942. The van der Waals surface area contributed by atoms with E-state index in [1.165, 1.54) is 0 Å². The maximum Gasteiger partial charge on any atom is 0.344 e. The third-order valence-corrected chi connectivity index (χ3v) is 5.87. The fourth-order valence-corrected chi connectivity index (χ4v) is 3.76. The Labute approximate surface area is 169 Å². The predicted octanol–water partition coefficient (Wildman–Crippen LogP) is 2.04. The van der Waals surface area contributed by atoms with Gasteiger partial charge >= 0.3 is 12.0 Å². The maximum atomic E-state index is 12.7. The molecule has 3 rings (SSSR count). The van der Waals surface area contributed by atoms with Crippen molar-refractivity contribution in [3.63, 3.8) is 0 Å². The van der Waals surface area contributed by atoms with E-state index in [4.69, 9.17) is 4.74 Å². The normalized spacial score (nSPS) is 24.4. The fourth-order valence-electron chi connectivity index (χ4n) is 3.76. The molecule has 156 valence electrons. The molecule has 1 aromatic carbocycles. The smallest absolute Gasteiger partial charge is 0.344 e. The van der Waals surface area contributed by atoms with Gasteiger partial charge in [-0.15, -0.1) is 0 Å². The molecule has 1 aliphatic heterocycles. The van der Waals surface area contributed by atoms with Crippen LogP contribution in [0.3, 0.4) is 0 Å². The number of ether oxygens (including phenoxy) is 1. The van der Waals surface area contributed by atoms with E-state index in [1.54, 1.807) is 26.0 Å². The number of carbonyl (C=O) groups excluding carboxylic acids is 4. The van der Waals surface area contributed by atoms with Gasteiger partial charge in [0.1, 0.15) is 5.54 Å². The summed E-state index contributed by atoms with van der Waals surface area (Å²) in [5.74, 6) is -1.28.